The summed E-state index contributed by atoms with van der Waals surface area (Å²) in [6.07, 6.45) is 5.05. The first-order chi connectivity index (χ1) is 12.3. The number of carbonyl (C=O) groups is 2. The summed E-state index contributed by atoms with van der Waals surface area (Å²) >= 11 is 0. The van der Waals surface area contributed by atoms with E-state index < -0.39 is 28.4 Å². The van der Waals surface area contributed by atoms with Crippen LogP contribution in [0.1, 0.15) is 11.5 Å². The molecule has 1 atom stereocenters. The van der Waals surface area contributed by atoms with Gasteiger partial charge in [-0.2, -0.15) is 0 Å². The van der Waals surface area contributed by atoms with Gasteiger partial charge < -0.3 is 26.6 Å². The molecule has 0 spiro atoms. The molecule has 0 aliphatic carbocycles. The van der Waals surface area contributed by atoms with E-state index in [0.717, 1.165) is 6.07 Å². The lowest BCUT2D eigenvalue weighted by molar-refractivity contribution is -0.384. The largest absolute Gasteiger partial charge is 0.478 e. The minimum atomic E-state index is -1.43. The van der Waals surface area contributed by atoms with Crippen LogP contribution in [-0.2, 0) is 14.3 Å². The molecule has 10 heteroatoms. The summed E-state index contributed by atoms with van der Waals surface area (Å²) in [7, 11) is 0. The molecule has 0 radical (unpaired) electrons. The zero-order valence-electron chi connectivity index (χ0n) is 13.3. The Labute approximate surface area is 147 Å². The first kappa shape index (κ1) is 18.3. The number of hydrogen-bond donors (Lipinski definition) is 4. The van der Waals surface area contributed by atoms with Gasteiger partial charge in [-0.3, -0.25) is 10.1 Å². The number of terminal acetylenes is 1. The predicted molar refractivity (Wildman–Crippen MR) is 88.8 cm³/mol. The highest BCUT2D eigenvalue weighted by Crippen LogP contribution is 2.38. The van der Waals surface area contributed by atoms with Crippen molar-refractivity contribution >= 4 is 17.6 Å². The van der Waals surface area contributed by atoms with Gasteiger partial charge >= 0.3 is 11.9 Å². The summed E-state index contributed by atoms with van der Waals surface area (Å²) in [5, 5.41) is 23.0. The molecular formula is C16H14N4O6. The minimum absolute atomic E-state index is 0.136. The van der Waals surface area contributed by atoms with Gasteiger partial charge in [0.2, 0.25) is 0 Å². The average molecular weight is 358 g/mol. The summed E-state index contributed by atoms with van der Waals surface area (Å²) in [4.78, 5) is 34.4. The average Bonchev–Trinajstić information content (AvgIpc) is 2.58. The Hall–Kier alpha value is -4.00. The summed E-state index contributed by atoms with van der Waals surface area (Å²) in [5.74, 6) is -2.09. The van der Waals surface area contributed by atoms with Crippen LogP contribution in [-0.4, -0.2) is 28.6 Å². The second kappa shape index (κ2) is 7.27. The highest BCUT2D eigenvalue weighted by Gasteiger charge is 2.38. The standard InChI is InChI=1S/C16H14N4O6/c1-2-6-26-16(23)12-10(8-4-3-5-9(7-8)20(24)25)11(15(21)22)13(17)19-14(12)18/h1,3-5,7,10,19H,6,17-18H2,(H,21,22). The lowest BCUT2D eigenvalue weighted by Crippen LogP contribution is -2.39. The molecule has 0 amide bonds. The highest BCUT2D eigenvalue weighted by atomic mass is 16.6. The zero-order valence-corrected chi connectivity index (χ0v) is 13.3. The molecular weight excluding hydrogens is 344 g/mol. The number of carbonyl (C=O) groups excluding carboxylic acids is 1. The second-order valence-electron chi connectivity index (χ2n) is 5.15. The van der Waals surface area contributed by atoms with Crippen molar-refractivity contribution in [2.24, 2.45) is 11.5 Å². The van der Waals surface area contributed by atoms with Crippen LogP contribution in [0, 0.1) is 22.5 Å². The Morgan fingerprint density at radius 3 is 2.58 bits per heavy atom. The molecule has 1 heterocycles. The molecule has 134 valence electrons. The predicted octanol–water partition coefficient (Wildman–Crippen LogP) is -0.117. The molecule has 26 heavy (non-hydrogen) atoms. The van der Waals surface area contributed by atoms with Gasteiger partial charge in [-0.25, -0.2) is 9.59 Å². The minimum Gasteiger partial charge on any atom is -0.478 e. The van der Waals surface area contributed by atoms with Crippen molar-refractivity contribution in [1.29, 1.82) is 0 Å². The van der Waals surface area contributed by atoms with E-state index in [1.165, 1.54) is 18.2 Å². The van der Waals surface area contributed by atoms with Crippen LogP contribution < -0.4 is 16.8 Å². The lowest BCUT2D eigenvalue weighted by atomic mass is 9.82. The number of non-ortho nitro benzene ring substituents is 1. The number of carboxylic acids is 1. The molecule has 1 aromatic rings. The van der Waals surface area contributed by atoms with Crippen molar-refractivity contribution in [3.8, 4) is 12.3 Å². The van der Waals surface area contributed by atoms with Crippen molar-refractivity contribution in [3.63, 3.8) is 0 Å². The number of benzene rings is 1. The normalized spacial score (nSPS) is 16.5. The van der Waals surface area contributed by atoms with Crippen LogP contribution in [0.15, 0.2) is 47.1 Å². The van der Waals surface area contributed by atoms with Gasteiger partial charge in [-0.15, -0.1) is 6.42 Å². The van der Waals surface area contributed by atoms with Gasteiger partial charge in [0.15, 0.2) is 6.61 Å². The lowest BCUT2D eigenvalue weighted by Gasteiger charge is -2.28. The maximum atomic E-state index is 12.4. The molecule has 0 bridgehead atoms. The molecule has 0 fully saturated rings. The van der Waals surface area contributed by atoms with Crippen molar-refractivity contribution in [1.82, 2.24) is 5.32 Å². The number of nitrogens with zero attached hydrogens (tertiary/aromatic N) is 1. The number of carboxylic acid groups (broad SMARTS) is 1. The Bertz CT molecular complexity index is 896. The van der Waals surface area contributed by atoms with Crippen molar-refractivity contribution in [2.45, 2.75) is 5.92 Å². The number of nitrogens with one attached hydrogen (secondary N) is 1. The third-order valence-electron chi connectivity index (χ3n) is 3.58. The first-order valence-electron chi connectivity index (χ1n) is 7.12. The van der Waals surface area contributed by atoms with Crippen molar-refractivity contribution in [2.75, 3.05) is 6.61 Å². The molecule has 0 saturated carbocycles. The third-order valence-corrected chi connectivity index (χ3v) is 3.58. The molecule has 6 N–H and O–H groups in total. The highest BCUT2D eigenvalue weighted by molar-refractivity contribution is 5.99. The third kappa shape index (κ3) is 3.41. The van der Waals surface area contributed by atoms with Gasteiger partial charge in [0.25, 0.3) is 5.69 Å². The number of aliphatic carboxylic acids is 1. The van der Waals surface area contributed by atoms with E-state index in [0.29, 0.717) is 0 Å². The topological polar surface area (TPSA) is 171 Å². The Morgan fingerprint density at radius 1 is 1.35 bits per heavy atom. The SMILES string of the molecule is C#CCOC(=O)C1=C(N)NC(N)=C(C(=O)O)C1c1cccc([N+](=O)[O-])c1. The van der Waals surface area contributed by atoms with Gasteiger partial charge in [0, 0.05) is 12.1 Å². The maximum absolute atomic E-state index is 12.4. The number of nitro groups is 1. The fourth-order valence-corrected chi connectivity index (χ4v) is 2.54. The van der Waals surface area contributed by atoms with Crippen LogP contribution >= 0.6 is 0 Å². The number of nitro benzene ring substituents is 1. The smallest absolute Gasteiger partial charge is 0.339 e. The fraction of sp³-hybridized carbons (Fsp3) is 0.125. The quantitative estimate of drug-likeness (QED) is 0.242. The number of dihydropyridines is 1. The van der Waals surface area contributed by atoms with Crippen LogP contribution in [0.25, 0.3) is 0 Å². The molecule has 0 aromatic heterocycles. The van der Waals surface area contributed by atoms with Gasteiger partial charge in [-0.1, -0.05) is 18.1 Å². The number of rotatable bonds is 5. The van der Waals surface area contributed by atoms with E-state index >= 15 is 0 Å². The van der Waals surface area contributed by atoms with Gasteiger partial charge in [0.1, 0.15) is 11.6 Å². The van der Waals surface area contributed by atoms with Gasteiger partial charge in [0.05, 0.1) is 22.0 Å². The van der Waals surface area contributed by atoms with Crippen LogP contribution in [0.4, 0.5) is 5.69 Å². The number of nitrogens with two attached hydrogens (primary N) is 2. The van der Waals surface area contributed by atoms with E-state index in [-0.39, 0.29) is 35.1 Å². The molecule has 10 nitrogen and oxygen atoms in total. The van der Waals surface area contributed by atoms with E-state index in [4.69, 9.17) is 22.6 Å². The Kier molecular flexibility index (Phi) is 5.13. The number of esters is 1. The second-order valence-corrected chi connectivity index (χ2v) is 5.15. The molecule has 2 rings (SSSR count). The summed E-state index contributed by atoms with van der Waals surface area (Å²) in [6.45, 7) is -0.362. The molecule has 1 aliphatic heterocycles. The molecule has 1 unspecified atom stereocenters. The maximum Gasteiger partial charge on any atom is 0.339 e. The van der Waals surface area contributed by atoms with Crippen LogP contribution in [0.2, 0.25) is 0 Å². The zero-order chi connectivity index (χ0) is 19.4. The fourth-order valence-electron chi connectivity index (χ4n) is 2.54. The van der Waals surface area contributed by atoms with Gasteiger partial charge in [-0.05, 0) is 5.56 Å². The molecule has 1 aliphatic rings. The van der Waals surface area contributed by atoms with E-state index in [2.05, 4.69) is 11.2 Å². The van der Waals surface area contributed by atoms with E-state index in [1.807, 2.05) is 0 Å². The van der Waals surface area contributed by atoms with Crippen LogP contribution in [0.5, 0.6) is 0 Å². The van der Waals surface area contributed by atoms with Crippen molar-refractivity contribution < 1.29 is 24.4 Å². The Morgan fingerprint density at radius 2 is 2.00 bits per heavy atom. The van der Waals surface area contributed by atoms with Crippen molar-refractivity contribution in [3.05, 3.63) is 62.7 Å². The summed E-state index contributed by atoms with van der Waals surface area (Å²) in [5.41, 5.74) is 10.7. The summed E-state index contributed by atoms with van der Waals surface area (Å²) in [6, 6.07) is 5.13. The monoisotopic (exact) mass is 358 g/mol. The number of ether oxygens (including phenoxy) is 1. The number of hydrogen-bond acceptors (Lipinski definition) is 8. The summed E-state index contributed by atoms with van der Waals surface area (Å²) < 4.78 is 4.85. The van der Waals surface area contributed by atoms with Crippen LogP contribution in [0.3, 0.4) is 0 Å². The molecule has 0 saturated heterocycles. The Balaban J connectivity index is 2.66. The van der Waals surface area contributed by atoms with E-state index in [1.54, 1.807) is 0 Å². The molecule has 1 aromatic carbocycles. The van der Waals surface area contributed by atoms with E-state index in [9.17, 15) is 24.8 Å². The first-order valence-corrected chi connectivity index (χ1v) is 7.12.